The van der Waals surface area contributed by atoms with Gasteiger partial charge in [0.25, 0.3) is 0 Å². The Morgan fingerprint density at radius 3 is 2.35 bits per heavy atom. The number of rotatable bonds is 16. The molecule has 2 heterocycles. The van der Waals surface area contributed by atoms with E-state index in [0.717, 1.165) is 5.56 Å². The molecule has 0 radical (unpaired) electrons. The maximum Gasteiger partial charge on any atom is 0.407 e. The molecule has 14 heteroatoms. The van der Waals surface area contributed by atoms with Gasteiger partial charge >= 0.3 is 18.0 Å². The van der Waals surface area contributed by atoms with E-state index in [1.807, 2.05) is 30.3 Å². The highest BCUT2D eigenvalue weighted by atomic mass is 16.8. The maximum atomic E-state index is 12.1. The standard InChI is InChI=1S/C29H41N3O11/c1-19(33)32-24-25(41-20(2)34)26(42-21(3)35)29(18-40-27(24)43-29)17-38-15-8-7-12-23(36)30-13-9-14-31-28(37)39-16-22-10-5-4-6-11-22/h4-6,10-11,24-27H,7-9,12-18H2,1-3H3,(H,30,36)(H,31,37)(H,32,33)/t24-,25-,26-,27+,29+/m1/s1. The first-order valence-electron chi connectivity index (χ1n) is 14.3. The fourth-order valence-corrected chi connectivity index (χ4v) is 4.82. The molecule has 2 aliphatic heterocycles. The normalized spacial score (nSPS) is 24.0. The molecule has 0 aliphatic carbocycles. The van der Waals surface area contributed by atoms with Crippen LogP contribution in [0.1, 0.15) is 52.0 Å². The van der Waals surface area contributed by atoms with Crippen LogP contribution in [0.25, 0.3) is 0 Å². The summed E-state index contributed by atoms with van der Waals surface area (Å²) in [6.45, 7) is 4.96. The molecule has 2 fully saturated rings. The first-order chi connectivity index (χ1) is 20.6. The lowest BCUT2D eigenvalue weighted by Crippen LogP contribution is -2.68. The molecule has 238 valence electrons. The second kappa shape index (κ2) is 16.8. The topological polar surface area (TPSA) is 177 Å². The van der Waals surface area contributed by atoms with Gasteiger partial charge in [0, 0.05) is 46.9 Å². The van der Waals surface area contributed by atoms with E-state index in [2.05, 4.69) is 16.0 Å². The Bertz CT molecular complexity index is 1100. The number of hydrogen-bond donors (Lipinski definition) is 3. The molecule has 3 amide bonds. The van der Waals surface area contributed by atoms with Gasteiger partial charge in [0.05, 0.1) is 13.2 Å². The SMILES string of the molecule is CC(=O)N[C@H]1[C@H]2OC[C@](COCCCCC(=O)NCCCNC(=O)OCc3ccccc3)(O2)[C@H](OC(C)=O)[C@@H]1OC(C)=O. The Kier molecular flexibility index (Phi) is 13.2. The van der Waals surface area contributed by atoms with Gasteiger partial charge in [-0.2, -0.15) is 0 Å². The number of fused-ring (bicyclic) bond motifs is 2. The van der Waals surface area contributed by atoms with Crippen LogP contribution in [-0.4, -0.2) is 92.9 Å². The number of carbonyl (C=O) groups is 5. The Morgan fingerprint density at radius 2 is 1.65 bits per heavy atom. The summed E-state index contributed by atoms with van der Waals surface area (Å²) in [5.41, 5.74) is -0.348. The summed E-state index contributed by atoms with van der Waals surface area (Å²) in [6, 6.07) is 8.48. The van der Waals surface area contributed by atoms with E-state index in [1.54, 1.807) is 0 Å². The lowest BCUT2D eigenvalue weighted by molar-refractivity contribution is -0.251. The molecule has 2 bridgehead atoms. The number of benzene rings is 1. The molecule has 0 spiro atoms. The van der Waals surface area contributed by atoms with Gasteiger partial charge in [0.2, 0.25) is 11.8 Å². The predicted octanol–water partition coefficient (Wildman–Crippen LogP) is 1.10. The van der Waals surface area contributed by atoms with E-state index in [9.17, 15) is 24.0 Å². The number of nitrogens with one attached hydrogen (secondary N) is 3. The van der Waals surface area contributed by atoms with Gasteiger partial charge in [-0.1, -0.05) is 30.3 Å². The van der Waals surface area contributed by atoms with Crippen LogP contribution in [0, 0.1) is 0 Å². The lowest BCUT2D eigenvalue weighted by Gasteiger charge is -2.45. The van der Waals surface area contributed by atoms with Crippen molar-refractivity contribution >= 4 is 29.8 Å². The molecule has 0 aromatic heterocycles. The van der Waals surface area contributed by atoms with E-state index < -0.39 is 54.1 Å². The van der Waals surface area contributed by atoms with Crippen LogP contribution in [0.2, 0.25) is 0 Å². The molecular formula is C29H41N3O11. The minimum Gasteiger partial charge on any atom is -0.456 e. The number of carbonyl (C=O) groups excluding carboxylic acids is 5. The van der Waals surface area contributed by atoms with Crippen molar-refractivity contribution in [2.24, 2.45) is 0 Å². The maximum absolute atomic E-state index is 12.1. The third-order valence-electron chi connectivity index (χ3n) is 6.72. The second-order valence-electron chi connectivity index (χ2n) is 10.4. The monoisotopic (exact) mass is 607 g/mol. The molecule has 5 atom stereocenters. The van der Waals surface area contributed by atoms with Gasteiger partial charge in [-0.25, -0.2) is 4.79 Å². The largest absolute Gasteiger partial charge is 0.456 e. The van der Waals surface area contributed by atoms with Crippen LogP contribution >= 0.6 is 0 Å². The van der Waals surface area contributed by atoms with Crippen molar-refractivity contribution in [2.75, 3.05) is 32.9 Å². The summed E-state index contributed by atoms with van der Waals surface area (Å²) < 4.78 is 33.8. The number of alkyl carbamates (subject to hydrolysis) is 1. The minimum absolute atomic E-state index is 0.00846. The van der Waals surface area contributed by atoms with Gasteiger partial charge in [-0.05, 0) is 24.8 Å². The minimum atomic E-state index is -1.25. The highest BCUT2D eigenvalue weighted by Gasteiger charge is 2.63. The third kappa shape index (κ3) is 10.8. The van der Waals surface area contributed by atoms with Gasteiger partial charge in [0.1, 0.15) is 12.6 Å². The van der Waals surface area contributed by atoms with Crippen LogP contribution in [0.4, 0.5) is 4.79 Å². The molecule has 14 nitrogen and oxygen atoms in total. The number of hydrogen-bond acceptors (Lipinski definition) is 11. The van der Waals surface area contributed by atoms with Crippen molar-refractivity contribution < 1.29 is 52.4 Å². The van der Waals surface area contributed by atoms with Crippen LogP contribution in [0.5, 0.6) is 0 Å². The van der Waals surface area contributed by atoms with Crippen molar-refractivity contribution in [2.45, 2.75) is 83.2 Å². The first-order valence-corrected chi connectivity index (χ1v) is 14.3. The Balaban J connectivity index is 1.33. The van der Waals surface area contributed by atoms with Crippen molar-refractivity contribution in [1.82, 2.24) is 16.0 Å². The average Bonchev–Trinajstić information content (AvgIpc) is 3.35. The van der Waals surface area contributed by atoms with Crippen molar-refractivity contribution in [3.8, 4) is 0 Å². The summed E-state index contributed by atoms with van der Waals surface area (Å²) in [5.74, 6) is -1.75. The van der Waals surface area contributed by atoms with Crippen molar-refractivity contribution in [1.29, 1.82) is 0 Å². The second-order valence-corrected chi connectivity index (χ2v) is 10.4. The molecule has 1 aromatic rings. The molecule has 3 N–H and O–H groups in total. The van der Waals surface area contributed by atoms with Gasteiger partial charge in [-0.15, -0.1) is 0 Å². The number of ether oxygens (including phenoxy) is 6. The predicted molar refractivity (Wildman–Crippen MR) is 149 cm³/mol. The summed E-state index contributed by atoms with van der Waals surface area (Å²) in [7, 11) is 0. The molecule has 2 saturated heterocycles. The number of esters is 2. The fraction of sp³-hybridized carbons (Fsp3) is 0.621. The summed E-state index contributed by atoms with van der Waals surface area (Å²) in [6.07, 6.45) is -1.58. The molecule has 1 aromatic carbocycles. The molecule has 0 saturated carbocycles. The summed E-state index contributed by atoms with van der Waals surface area (Å²) in [4.78, 5) is 59.5. The molecule has 43 heavy (non-hydrogen) atoms. The van der Waals surface area contributed by atoms with E-state index in [-0.39, 0.29) is 32.3 Å². The Morgan fingerprint density at radius 1 is 0.930 bits per heavy atom. The molecule has 0 unspecified atom stereocenters. The molecule has 2 aliphatic rings. The van der Waals surface area contributed by atoms with Crippen molar-refractivity contribution in [3.63, 3.8) is 0 Å². The van der Waals surface area contributed by atoms with Crippen LogP contribution in [0.15, 0.2) is 30.3 Å². The van der Waals surface area contributed by atoms with E-state index in [4.69, 9.17) is 28.4 Å². The quantitative estimate of drug-likeness (QED) is 0.139. The lowest BCUT2D eigenvalue weighted by atomic mass is 9.87. The first kappa shape index (κ1) is 33.7. The van der Waals surface area contributed by atoms with Gasteiger partial charge in [-0.3, -0.25) is 19.2 Å². The zero-order valence-electron chi connectivity index (χ0n) is 24.8. The highest BCUT2D eigenvalue weighted by molar-refractivity contribution is 5.75. The summed E-state index contributed by atoms with van der Waals surface area (Å²) >= 11 is 0. The number of amides is 3. The van der Waals surface area contributed by atoms with Crippen molar-refractivity contribution in [3.05, 3.63) is 35.9 Å². The van der Waals surface area contributed by atoms with E-state index >= 15 is 0 Å². The smallest absolute Gasteiger partial charge is 0.407 e. The third-order valence-corrected chi connectivity index (χ3v) is 6.72. The average molecular weight is 608 g/mol. The van der Waals surface area contributed by atoms with Gasteiger partial charge < -0.3 is 44.4 Å². The Hall–Kier alpha value is -3.75. The zero-order valence-corrected chi connectivity index (χ0v) is 24.8. The molecule has 3 rings (SSSR count). The van der Waals surface area contributed by atoms with E-state index in [1.165, 1.54) is 20.8 Å². The zero-order chi connectivity index (χ0) is 31.2. The van der Waals surface area contributed by atoms with Crippen LogP contribution in [-0.2, 0) is 54.2 Å². The number of unbranched alkanes of at least 4 members (excludes halogenated alkanes) is 1. The molecular weight excluding hydrogens is 566 g/mol. The fourth-order valence-electron chi connectivity index (χ4n) is 4.82. The summed E-state index contributed by atoms with van der Waals surface area (Å²) in [5, 5.41) is 8.12. The van der Waals surface area contributed by atoms with Crippen LogP contribution < -0.4 is 16.0 Å². The van der Waals surface area contributed by atoms with E-state index in [0.29, 0.717) is 38.8 Å². The van der Waals surface area contributed by atoms with Gasteiger partial charge in [0.15, 0.2) is 24.1 Å². The van der Waals surface area contributed by atoms with Crippen LogP contribution in [0.3, 0.4) is 0 Å². The highest BCUT2D eigenvalue weighted by Crippen LogP contribution is 2.40. The Labute approximate surface area is 250 Å².